The predicted molar refractivity (Wildman–Crippen MR) is 145 cm³/mol. The summed E-state index contributed by atoms with van der Waals surface area (Å²) in [6.07, 6.45) is 3.45. The lowest BCUT2D eigenvalue weighted by Gasteiger charge is -2.35. The summed E-state index contributed by atoms with van der Waals surface area (Å²) in [5.74, 6) is -0.0465. The molecule has 2 amide bonds. The van der Waals surface area contributed by atoms with E-state index in [2.05, 4.69) is 37.8 Å². The quantitative estimate of drug-likeness (QED) is 0.358. The van der Waals surface area contributed by atoms with Gasteiger partial charge in [0.15, 0.2) is 11.5 Å². The molecule has 2 aliphatic rings. The number of likely N-dealkylation sites (N-methyl/N-ethyl adjacent to an activating group) is 1. The molecule has 0 radical (unpaired) electrons. The molecule has 1 aromatic heterocycles. The first kappa shape index (κ1) is 26.6. The van der Waals surface area contributed by atoms with E-state index in [-0.39, 0.29) is 29.6 Å². The molecule has 0 unspecified atom stereocenters. The number of carbonyl (C=O) groups is 2. The highest BCUT2D eigenvalue weighted by molar-refractivity contribution is 6.01. The summed E-state index contributed by atoms with van der Waals surface area (Å²) in [5, 5.41) is 19.2. The van der Waals surface area contributed by atoms with E-state index < -0.39 is 5.91 Å². The number of hydrogen-bond acceptors (Lipinski definition) is 9. The first-order chi connectivity index (χ1) is 17.8. The van der Waals surface area contributed by atoms with Gasteiger partial charge in [-0.3, -0.25) is 9.59 Å². The lowest BCUT2D eigenvalue weighted by atomic mass is 9.93. The van der Waals surface area contributed by atoms with Crippen LogP contribution in [0.5, 0.6) is 0 Å². The van der Waals surface area contributed by atoms with Crippen LogP contribution in [0.15, 0.2) is 18.2 Å². The van der Waals surface area contributed by atoms with Crippen molar-refractivity contribution >= 4 is 34.8 Å². The number of nitrogens with two attached hydrogens (primary N) is 1. The Hall–Kier alpha value is -3.44. The van der Waals surface area contributed by atoms with Crippen LogP contribution in [-0.4, -0.2) is 84.2 Å². The molecular weight excluding hydrogens is 472 g/mol. The summed E-state index contributed by atoms with van der Waals surface area (Å²) < 4.78 is 0. The number of primary amides is 1. The van der Waals surface area contributed by atoms with E-state index in [0.717, 1.165) is 57.5 Å². The van der Waals surface area contributed by atoms with Crippen LogP contribution in [0.25, 0.3) is 0 Å². The summed E-state index contributed by atoms with van der Waals surface area (Å²) in [6, 6.07) is 5.72. The number of amides is 2. The van der Waals surface area contributed by atoms with Crippen LogP contribution in [0.1, 0.15) is 59.1 Å². The number of anilines is 4. The normalized spacial score (nSPS) is 20.4. The van der Waals surface area contributed by atoms with Gasteiger partial charge in [-0.2, -0.15) is 0 Å². The van der Waals surface area contributed by atoms with Gasteiger partial charge in [-0.05, 0) is 57.4 Å². The highest BCUT2D eigenvalue weighted by Gasteiger charge is 2.24. The molecule has 37 heavy (non-hydrogen) atoms. The molecule has 1 saturated heterocycles. The van der Waals surface area contributed by atoms with Crippen LogP contribution >= 0.6 is 0 Å². The number of nitrogens with one attached hydrogen (secondary N) is 3. The molecule has 1 saturated carbocycles. The second-order valence-electron chi connectivity index (χ2n) is 9.81. The van der Waals surface area contributed by atoms with Gasteiger partial charge in [0.2, 0.25) is 0 Å². The molecule has 2 aromatic rings. The van der Waals surface area contributed by atoms with E-state index >= 15 is 0 Å². The minimum absolute atomic E-state index is 0.0473. The Morgan fingerprint density at radius 1 is 1.08 bits per heavy atom. The molecule has 200 valence electrons. The van der Waals surface area contributed by atoms with Crippen molar-refractivity contribution in [2.24, 2.45) is 5.73 Å². The maximum absolute atomic E-state index is 12.8. The maximum atomic E-state index is 12.8. The van der Waals surface area contributed by atoms with E-state index in [1.54, 1.807) is 13.1 Å². The molecular formula is C26H38N8O3. The molecule has 4 rings (SSSR count). The predicted octanol–water partition coefficient (Wildman–Crippen LogP) is 1.71. The number of aliphatic hydroxyl groups excluding tert-OH is 1. The Labute approximate surface area is 217 Å². The largest absolute Gasteiger partial charge is 0.393 e. The Bertz CT molecular complexity index is 1130. The van der Waals surface area contributed by atoms with Crippen molar-refractivity contribution in [1.29, 1.82) is 0 Å². The van der Waals surface area contributed by atoms with E-state index in [4.69, 9.17) is 10.7 Å². The number of carbonyl (C=O) groups excluding carboxylic acids is 2. The van der Waals surface area contributed by atoms with Crippen molar-refractivity contribution in [2.45, 2.75) is 51.2 Å². The Morgan fingerprint density at radius 2 is 1.78 bits per heavy atom. The van der Waals surface area contributed by atoms with Crippen LogP contribution in [-0.2, 0) is 6.42 Å². The zero-order valence-electron chi connectivity index (χ0n) is 21.9. The van der Waals surface area contributed by atoms with Gasteiger partial charge >= 0.3 is 0 Å². The number of aliphatic hydroxyl groups is 1. The fraction of sp³-hybridized carbons (Fsp3) is 0.538. The molecule has 0 spiro atoms. The van der Waals surface area contributed by atoms with Gasteiger partial charge in [-0.25, -0.2) is 9.97 Å². The molecule has 2 fully saturated rings. The highest BCUT2D eigenvalue weighted by atomic mass is 16.3. The van der Waals surface area contributed by atoms with E-state index in [0.29, 0.717) is 29.2 Å². The van der Waals surface area contributed by atoms with Gasteiger partial charge in [0.1, 0.15) is 5.82 Å². The molecule has 2 heterocycles. The van der Waals surface area contributed by atoms with Crippen LogP contribution in [0.3, 0.4) is 0 Å². The summed E-state index contributed by atoms with van der Waals surface area (Å²) in [6.45, 7) is 5.45. The number of aryl methyl sites for hydroxylation is 1. The number of piperazine rings is 1. The number of nitrogens with zero attached hydrogens (tertiary/aromatic N) is 4. The lowest BCUT2D eigenvalue weighted by Crippen LogP contribution is -2.45. The number of rotatable bonds is 8. The number of hydrogen-bond donors (Lipinski definition) is 5. The van der Waals surface area contributed by atoms with Crippen LogP contribution in [0.2, 0.25) is 0 Å². The molecule has 11 heteroatoms. The zero-order chi connectivity index (χ0) is 26.5. The fourth-order valence-electron chi connectivity index (χ4n) is 4.89. The van der Waals surface area contributed by atoms with Crippen molar-refractivity contribution in [3.63, 3.8) is 0 Å². The van der Waals surface area contributed by atoms with Crippen molar-refractivity contribution < 1.29 is 14.7 Å². The molecule has 11 nitrogen and oxygen atoms in total. The minimum Gasteiger partial charge on any atom is -0.393 e. The van der Waals surface area contributed by atoms with Gasteiger partial charge in [-0.1, -0.05) is 6.92 Å². The van der Waals surface area contributed by atoms with Crippen molar-refractivity contribution in [2.75, 3.05) is 55.8 Å². The molecule has 0 atom stereocenters. The second kappa shape index (κ2) is 11.7. The summed E-state index contributed by atoms with van der Waals surface area (Å²) in [5.41, 5.74) is 8.37. The second-order valence-corrected chi connectivity index (χ2v) is 9.81. The third-order valence-electron chi connectivity index (χ3n) is 7.15. The van der Waals surface area contributed by atoms with Crippen LogP contribution in [0, 0.1) is 0 Å². The Kier molecular flexibility index (Phi) is 8.45. The topological polar surface area (TPSA) is 149 Å². The van der Waals surface area contributed by atoms with Gasteiger partial charge < -0.3 is 36.6 Å². The fourth-order valence-corrected chi connectivity index (χ4v) is 4.89. The standard InChI is InChI=1S/C26H38N8O3/c1-4-20-24(29-16-5-8-18(35)9-6-16)32-25(22(31-20)23(27)36)30-17-7-10-21(19(15-17)26(37)28-2)34-13-11-33(3)12-14-34/h7,10,15-16,18,35H,4-6,8-9,11-14H2,1-3H3,(H2,27,36)(H,28,37)(H2,29,30,32). The third kappa shape index (κ3) is 6.28. The molecule has 1 aliphatic heterocycles. The first-order valence-corrected chi connectivity index (χ1v) is 13.0. The average molecular weight is 511 g/mol. The zero-order valence-corrected chi connectivity index (χ0v) is 21.9. The van der Waals surface area contributed by atoms with Gasteiger partial charge in [0, 0.05) is 50.6 Å². The Morgan fingerprint density at radius 3 is 2.41 bits per heavy atom. The number of aromatic nitrogens is 2. The molecule has 6 N–H and O–H groups in total. The third-order valence-corrected chi connectivity index (χ3v) is 7.15. The summed E-state index contributed by atoms with van der Waals surface area (Å²) in [7, 11) is 3.70. The van der Waals surface area contributed by atoms with Gasteiger partial charge in [-0.15, -0.1) is 0 Å². The van der Waals surface area contributed by atoms with Crippen LogP contribution < -0.4 is 26.6 Å². The van der Waals surface area contributed by atoms with Crippen molar-refractivity contribution in [3.05, 3.63) is 35.2 Å². The number of benzene rings is 1. The highest BCUT2D eigenvalue weighted by Crippen LogP contribution is 2.30. The maximum Gasteiger partial charge on any atom is 0.271 e. The van der Waals surface area contributed by atoms with Crippen molar-refractivity contribution in [3.8, 4) is 0 Å². The summed E-state index contributed by atoms with van der Waals surface area (Å²) >= 11 is 0. The van der Waals surface area contributed by atoms with Crippen LogP contribution in [0.4, 0.5) is 23.0 Å². The summed E-state index contributed by atoms with van der Waals surface area (Å²) in [4.78, 5) is 38.8. The van der Waals surface area contributed by atoms with E-state index in [1.807, 2.05) is 19.1 Å². The SMILES string of the molecule is CCc1nc(C(N)=O)c(Nc2ccc(N3CCN(C)CC3)c(C(=O)NC)c2)nc1NC1CCC(O)CC1. The average Bonchev–Trinajstić information content (AvgIpc) is 2.90. The first-order valence-electron chi connectivity index (χ1n) is 13.0. The molecule has 1 aliphatic carbocycles. The van der Waals surface area contributed by atoms with Gasteiger partial charge in [0.05, 0.1) is 17.4 Å². The Balaban J connectivity index is 1.65. The molecule has 0 bridgehead atoms. The lowest BCUT2D eigenvalue weighted by molar-refractivity contribution is 0.0961. The smallest absolute Gasteiger partial charge is 0.271 e. The van der Waals surface area contributed by atoms with Crippen molar-refractivity contribution in [1.82, 2.24) is 20.2 Å². The monoisotopic (exact) mass is 510 g/mol. The van der Waals surface area contributed by atoms with Gasteiger partial charge in [0.25, 0.3) is 11.8 Å². The minimum atomic E-state index is -0.683. The molecule has 1 aromatic carbocycles. The van der Waals surface area contributed by atoms with E-state index in [9.17, 15) is 14.7 Å². The van der Waals surface area contributed by atoms with E-state index in [1.165, 1.54) is 0 Å².